The van der Waals surface area contributed by atoms with Gasteiger partial charge in [0.15, 0.2) is 0 Å². The summed E-state index contributed by atoms with van der Waals surface area (Å²) in [6.45, 7) is 3.38. The van der Waals surface area contributed by atoms with Gasteiger partial charge in [0.25, 0.3) is 10.0 Å². The van der Waals surface area contributed by atoms with Crippen molar-refractivity contribution in [3.8, 4) is 0 Å². The van der Waals surface area contributed by atoms with Crippen LogP contribution in [0.4, 0.5) is 11.4 Å². The molecule has 2 aromatic carbocycles. The van der Waals surface area contributed by atoms with Gasteiger partial charge in [-0.05, 0) is 49.2 Å². The molecule has 2 aromatic rings. The molecule has 0 aliphatic carbocycles. The van der Waals surface area contributed by atoms with Crippen LogP contribution in [0, 0.1) is 0 Å². The molecule has 0 saturated heterocycles. The average molecular weight is 344 g/mol. The first-order chi connectivity index (χ1) is 11.3. The van der Waals surface area contributed by atoms with Gasteiger partial charge in [-0.25, -0.2) is 8.42 Å². The van der Waals surface area contributed by atoms with Crippen LogP contribution >= 0.6 is 0 Å². The Bertz CT molecular complexity index is 875. The molecule has 24 heavy (non-hydrogen) atoms. The Labute approximate surface area is 142 Å². The van der Waals surface area contributed by atoms with E-state index in [0.29, 0.717) is 12.1 Å². The van der Waals surface area contributed by atoms with Gasteiger partial charge in [-0.3, -0.25) is 9.10 Å². The first kappa shape index (κ1) is 16.5. The van der Waals surface area contributed by atoms with Crippen molar-refractivity contribution < 1.29 is 13.2 Å². The second-order valence-electron chi connectivity index (χ2n) is 6.05. The molecule has 1 atom stereocenters. The third kappa shape index (κ3) is 2.67. The van der Waals surface area contributed by atoms with Crippen LogP contribution in [0.2, 0.25) is 0 Å². The summed E-state index contributed by atoms with van der Waals surface area (Å²) in [6, 6.07) is 13.9. The number of anilines is 2. The molecule has 6 heteroatoms. The Morgan fingerprint density at radius 3 is 2.38 bits per heavy atom. The number of hydrogen-bond donors (Lipinski definition) is 0. The third-order valence-corrected chi connectivity index (χ3v) is 6.34. The predicted octanol–water partition coefficient (Wildman–Crippen LogP) is 2.81. The first-order valence-electron chi connectivity index (χ1n) is 7.79. The zero-order chi connectivity index (χ0) is 17.5. The smallest absolute Gasteiger partial charge is 0.264 e. The topological polar surface area (TPSA) is 57.7 Å². The molecule has 1 aliphatic heterocycles. The summed E-state index contributed by atoms with van der Waals surface area (Å²) >= 11 is 0. The molecule has 0 bridgehead atoms. The summed E-state index contributed by atoms with van der Waals surface area (Å²) in [5.74, 6) is -0.104. The molecule has 0 spiro atoms. The summed E-state index contributed by atoms with van der Waals surface area (Å²) < 4.78 is 27.6. The van der Waals surface area contributed by atoms with E-state index in [4.69, 9.17) is 0 Å². The van der Waals surface area contributed by atoms with Crippen molar-refractivity contribution in [3.05, 3.63) is 54.1 Å². The van der Waals surface area contributed by atoms with Crippen molar-refractivity contribution in [2.75, 3.05) is 16.3 Å². The lowest BCUT2D eigenvalue weighted by Crippen LogP contribution is -2.35. The molecule has 0 radical (unpaired) electrons. The Balaban J connectivity index is 1.98. The number of nitrogens with zero attached hydrogens (tertiary/aromatic N) is 2. The number of rotatable bonds is 3. The second-order valence-corrected chi connectivity index (χ2v) is 7.87. The van der Waals surface area contributed by atoms with Gasteiger partial charge in [-0.1, -0.05) is 18.2 Å². The second kappa shape index (κ2) is 5.94. The van der Waals surface area contributed by atoms with Crippen molar-refractivity contribution in [2.45, 2.75) is 31.2 Å². The molecule has 126 valence electrons. The minimum atomic E-state index is -3.63. The van der Waals surface area contributed by atoms with Crippen molar-refractivity contribution in [2.24, 2.45) is 0 Å². The molecule has 1 amide bonds. The SMILES string of the molecule is CC(=O)N(C)c1ccc(S(=O)(=O)N2c3ccccc3C[C@H]2C)cc1. The van der Waals surface area contributed by atoms with E-state index in [1.54, 1.807) is 31.3 Å². The summed E-state index contributed by atoms with van der Waals surface area (Å²) in [5, 5.41) is 0. The van der Waals surface area contributed by atoms with E-state index >= 15 is 0 Å². The molecular formula is C18H20N2O3S. The molecule has 0 aromatic heterocycles. The van der Waals surface area contributed by atoms with Crippen LogP contribution in [0.25, 0.3) is 0 Å². The molecule has 5 nitrogen and oxygen atoms in total. The molecule has 0 fully saturated rings. The number of carbonyl (C=O) groups is 1. The minimum absolute atomic E-state index is 0.104. The van der Waals surface area contributed by atoms with Gasteiger partial charge in [-0.2, -0.15) is 0 Å². The number of benzene rings is 2. The quantitative estimate of drug-likeness (QED) is 0.860. The van der Waals surface area contributed by atoms with E-state index < -0.39 is 10.0 Å². The van der Waals surface area contributed by atoms with Gasteiger partial charge in [-0.15, -0.1) is 0 Å². The lowest BCUT2D eigenvalue weighted by Gasteiger charge is -2.25. The zero-order valence-electron chi connectivity index (χ0n) is 13.9. The van der Waals surface area contributed by atoms with Crippen LogP contribution in [0.3, 0.4) is 0 Å². The standard InChI is InChI=1S/C18H20N2O3S/c1-13-12-15-6-4-5-7-18(15)20(13)24(22,23)17-10-8-16(9-11-17)19(3)14(2)21/h4-11,13H,12H2,1-3H3/t13-/m1/s1. The van der Waals surface area contributed by atoms with Gasteiger partial charge >= 0.3 is 0 Å². The first-order valence-corrected chi connectivity index (χ1v) is 9.23. The number of amides is 1. The highest BCUT2D eigenvalue weighted by atomic mass is 32.2. The molecule has 1 heterocycles. The highest BCUT2D eigenvalue weighted by molar-refractivity contribution is 7.92. The molecule has 1 aliphatic rings. The number of fused-ring (bicyclic) bond motifs is 1. The molecule has 0 N–H and O–H groups in total. The zero-order valence-corrected chi connectivity index (χ0v) is 14.7. The third-order valence-electron chi connectivity index (χ3n) is 4.40. The van der Waals surface area contributed by atoms with Gasteiger partial charge in [0.1, 0.15) is 0 Å². The Kier molecular flexibility index (Phi) is 4.09. The van der Waals surface area contributed by atoms with Crippen molar-refractivity contribution >= 4 is 27.3 Å². The Morgan fingerprint density at radius 2 is 1.75 bits per heavy atom. The molecule has 3 rings (SSSR count). The fraction of sp³-hybridized carbons (Fsp3) is 0.278. The average Bonchev–Trinajstić information content (AvgIpc) is 2.90. The molecule has 0 saturated carbocycles. The van der Waals surface area contributed by atoms with Crippen LogP contribution in [0.15, 0.2) is 53.4 Å². The van der Waals surface area contributed by atoms with Crippen LogP contribution in [-0.4, -0.2) is 27.4 Å². The van der Waals surface area contributed by atoms with Crippen LogP contribution in [0.1, 0.15) is 19.4 Å². The number of sulfonamides is 1. The van der Waals surface area contributed by atoms with E-state index in [0.717, 1.165) is 11.3 Å². The monoisotopic (exact) mass is 344 g/mol. The predicted molar refractivity (Wildman–Crippen MR) is 94.8 cm³/mol. The van der Waals surface area contributed by atoms with Gasteiger partial charge in [0.2, 0.25) is 5.91 Å². The van der Waals surface area contributed by atoms with Gasteiger partial charge in [0.05, 0.1) is 10.6 Å². The maximum Gasteiger partial charge on any atom is 0.264 e. The Hall–Kier alpha value is -2.34. The highest BCUT2D eigenvalue weighted by Gasteiger charge is 2.35. The van der Waals surface area contributed by atoms with E-state index in [-0.39, 0.29) is 16.8 Å². The minimum Gasteiger partial charge on any atom is -0.316 e. The van der Waals surface area contributed by atoms with Crippen molar-refractivity contribution in [1.82, 2.24) is 0 Å². The number of carbonyl (C=O) groups excluding carboxylic acids is 1. The van der Waals surface area contributed by atoms with Crippen LogP contribution in [-0.2, 0) is 21.2 Å². The summed E-state index contributed by atoms with van der Waals surface area (Å²) in [5.41, 5.74) is 2.45. The maximum atomic E-state index is 13.1. The van der Waals surface area contributed by atoms with E-state index in [1.807, 2.05) is 31.2 Å². The van der Waals surface area contributed by atoms with E-state index in [2.05, 4.69) is 0 Å². The summed E-state index contributed by atoms with van der Waals surface area (Å²) in [6.07, 6.45) is 0.709. The number of hydrogen-bond acceptors (Lipinski definition) is 3. The summed E-state index contributed by atoms with van der Waals surface area (Å²) in [4.78, 5) is 13.1. The van der Waals surface area contributed by atoms with E-state index in [1.165, 1.54) is 16.1 Å². The highest BCUT2D eigenvalue weighted by Crippen LogP contribution is 2.36. The molecule has 0 unspecified atom stereocenters. The number of para-hydroxylation sites is 1. The van der Waals surface area contributed by atoms with Crippen molar-refractivity contribution in [3.63, 3.8) is 0 Å². The summed E-state index contributed by atoms with van der Waals surface area (Å²) in [7, 11) is -1.98. The normalized spacial score (nSPS) is 16.8. The van der Waals surface area contributed by atoms with Crippen molar-refractivity contribution in [1.29, 1.82) is 0 Å². The van der Waals surface area contributed by atoms with Crippen LogP contribution in [0.5, 0.6) is 0 Å². The fourth-order valence-corrected chi connectivity index (χ4v) is 4.73. The fourth-order valence-electron chi connectivity index (χ4n) is 3.04. The van der Waals surface area contributed by atoms with Gasteiger partial charge in [0, 0.05) is 25.7 Å². The maximum absolute atomic E-state index is 13.1. The van der Waals surface area contributed by atoms with Crippen LogP contribution < -0.4 is 9.21 Å². The molecular weight excluding hydrogens is 324 g/mol. The van der Waals surface area contributed by atoms with E-state index in [9.17, 15) is 13.2 Å². The lowest BCUT2D eigenvalue weighted by molar-refractivity contribution is -0.116. The largest absolute Gasteiger partial charge is 0.316 e. The van der Waals surface area contributed by atoms with Gasteiger partial charge < -0.3 is 4.90 Å². The Morgan fingerprint density at radius 1 is 1.12 bits per heavy atom. The lowest BCUT2D eigenvalue weighted by atomic mass is 10.1.